The van der Waals surface area contributed by atoms with Gasteiger partial charge in [-0.1, -0.05) is 42.8 Å². The Balaban J connectivity index is 1.56. The zero-order chi connectivity index (χ0) is 27.9. The number of amides is 1. The molecule has 39 heavy (non-hydrogen) atoms. The summed E-state index contributed by atoms with van der Waals surface area (Å²) >= 11 is 6.23. The second kappa shape index (κ2) is 10.8. The van der Waals surface area contributed by atoms with E-state index in [4.69, 9.17) is 21.1 Å². The number of ether oxygens (including phenoxy) is 2. The predicted octanol–water partition coefficient (Wildman–Crippen LogP) is 5.97. The molecule has 3 aromatic rings. The Morgan fingerprint density at radius 3 is 2.31 bits per heavy atom. The topological polar surface area (TPSA) is 62.2 Å². The second-order valence-corrected chi connectivity index (χ2v) is 11.4. The zero-order valence-electron chi connectivity index (χ0n) is 23.3. The van der Waals surface area contributed by atoms with Crippen LogP contribution in [0.25, 0.3) is 0 Å². The van der Waals surface area contributed by atoms with Crippen LogP contribution in [-0.2, 0) is 16.8 Å². The standard InChI is InChI=1S/C32H37ClN2O4/c1-6-34-18-24(19-34)32(4,37)23-9-13-26(14-10-23)35-30(36)16-22-15-28(38-5)29(39-20(2)3)17-27(22)31(35)21-7-11-25(33)12-8-21/h7-15,17,20,24,31,37H,6,16,18-19H2,1-5H3/t31-,32?/m0/s1. The molecule has 0 aliphatic carbocycles. The van der Waals surface area contributed by atoms with Gasteiger partial charge in [-0.15, -0.1) is 0 Å². The Kier molecular flexibility index (Phi) is 7.64. The van der Waals surface area contributed by atoms with Crippen LogP contribution in [0.5, 0.6) is 11.5 Å². The third-order valence-electron chi connectivity index (χ3n) is 8.07. The summed E-state index contributed by atoms with van der Waals surface area (Å²) in [5, 5.41) is 12.0. The molecule has 7 heteroatoms. The molecule has 1 amide bonds. The smallest absolute Gasteiger partial charge is 0.232 e. The number of fused-ring (bicyclic) bond motifs is 1. The first-order valence-electron chi connectivity index (χ1n) is 13.6. The molecule has 2 aliphatic rings. The lowest BCUT2D eigenvalue weighted by Crippen LogP contribution is -2.55. The van der Waals surface area contributed by atoms with Gasteiger partial charge in [0.25, 0.3) is 0 Å². The highest BCUT2D eigenvalue weighted by Gasteiger charge is 2.41. The van der Waals surface area contributed by atoms with Crippen LogP contribution in [0.3, 0.4) is 0 Å². The van der Waals surface area contributed by atoms with Gasteiger partial charge in [-0.2, -0.15) is 0 Å². The molecule has 0 aromatic heterocycles. The summed E-state index contributed by atoms with van der Waals surface area (Å²) in [5.41, 5.74) is 3.54. The maximum absolute atomic E-state index is 13.8. The number of likely N-dealkylation sites (tertiary alicyclic amines) is 1. The van der Waals surface area contributed by atoms with Gasteiger partial charge in [-0.3, -0.25) is 4.79 Å². The molecule has 0 bridgehead atoms. The van der Waals surface area contributed by atoms with Crippen molar-refractivity contribution in [3.8, 4) is 11.5 Å². The van der Waals surface area contributed by atoms with E-state index in [0.717, 1.165) is 47.6 Å². The molecule has 0 spiro atoms. The third kappa shape index (κ3) is 5.25. The maximum atomic E-state index is 13.8. The number of aliphatic hydroxyl groups is 1. The number of hydrogen-bond donors (Lipinski definition) is 1. The number of benzene rings is 3. The lowest BCUT2D eigenvalue weighted by Gasteiger charge is -2.46. The number of carbonyl (C=O) groups excluding carboxylic acids is 1. The lowest BCUT2D eigenvalue weighted by atomic mass is 9.78. The van der Waals surface area contributed by atoms with Crippen molar-refractivity contribution < 1.29 is 19.4 Å². The Morgan fingerprint density at radius 1 is 1.05 bits per heavy atom. The lowest BCUT2D eigenvalue weighted by molar-refractivity contribution is -0.118. The maximum Gasteiger partial charge on any atom is 0.232 e. The van der Waals surface area contributed by atoms with Gasteiger partial charge in [-0.25, -0.2) is 0 Å². The number of anilines is 1. The van der Waals surface area contributed by atoms with Crippen LogP contribution in [0.4, 0.5) is 5.69 Å². The van der Waals surface area contributed by atoms with Crippen molar-refractivity contribution in [2.24, 2.45) is 5.92 Å². The Morgan fingerprint density at radius 2 is 1.72 bits per heavy atom. The van der Waals surface area contributed by atoms with Crippen molar-refractivity contribution in [2.45, 2.75) is 51.9 Å². The van der Waals surface area contributed by atoms with Crippen molar-refractivity contribution >= 4 is 23.2 Å². The first-order valence-corrected chi connectivity index (χ1v) is 14.0. The van der Waals surface area contributed by atoms with Gasteiger partial charge in [0, 0.05) is 29.7 Å². The average Bonchev–Trinajstić information content (AvgIpc) is 2.87. The predicted molar refractivity (Wildman–Crippen MR) is 155 cm³/mol. The fourth-order valence-electron chi connectivity index (χ4n) is 5.71. The van der Waals surface area contributed by atoms with Gasteiger partial charge in [0.1, 0.15) is 0 Å². The van der Waals surface area contributed by atoms with Gasteiger partial charge in [0.05, 0.1) is 31.3 Å². The van der Waals surface area contributed by atoms with E-state index in [0.29, 0.717) is 16.5 Å². The van der Waals surface area contributed by atoms with Crippen LogP contribution in [0.15, 0.2) is 60.7 Å². The summed E-state index contributed by atoms with van der Waals surface area (Å²) < 4.78 is 11.7. The molecule has 6 nitrogen and oxygen atoms in total. The Hall–Kier alpha value is -3.06. The van der Waals surface area contributed by atoms with Gasteiger partial charge >= 0.3 is 0 Å². The molecular weight excluding hydrogens is 512 g/mol. The van der Waals surface area contributed by atoms with Crippen molar-refractivity contribution in [2.75, 3.05) is 31.6 Å². The number of halogens is 1. The van der Waals surface area contributed by atoms with Crippen LogP contribution in [0.1, 0.15) is 56.0 Å². The van der Waals surface area contributed by atoms with Gasteiger partial charge in [-0.05, 0) is 86.0 Å². The summed E-state index contributed by atoms with van der Waals surface area (Å²) in [5.74, 6) is 1.43. The summed E-state index contributed by atoms with van der Waals surface area (Å²) in [6.45, 7) is 10.7. The van der Waals surface area contributed by atoms with E-state index in [2.05, 4.69) is 11.8 Å². The van der Waals surface area contributed by atoms with Crippen LogP contribution in [-0.4, -0.2) is 48.8 Å². The van der Waals surface area contributed by atoms with E-state index in [-0.39, 0.29) is 30.4 Å². The minimum atomic E-state index is -0.933. The third-order valence-corrected chi connectivity index (χ3v) is 8.32. The highest BCUT2D eigenvalue weighted by atomic mass is 35.5. The van der Waals surface area contributed by atoms with E-state index in [1.54, 1.807) is 7.11 Å². The summed E-state index contributed by atoms with van der Waals surface area (Å²) in [7, 11) is 1.61. The molecule has 2 aliphatic heterocycles. The number of carbonyl (C=O) groups is 1. The van der Waals surface area contributed by atoms with Gasteiger partial charge < -0.3 is 24.4 Å². The molecule has 1 fully saturated rings. The highest BCUT2D eigenvalue weighted by molar-refractivity contribution is 6.30. The molecule has 1 N–H and O–H groups in total. The number of nitrogens with zero attached hydrogens (tertiary/aromatic N) is 2. The minimum Gasteiger partial charge on any atom is -0.493 e. The van der Waals surface area contributed by atoms with E-state index < -0.39 is 5.60 Å². The average molecular weight is 549 g/mol. The Labute approximate surface area is 236 Å². The largest absolute Gasteiger partial charge is 0.493 e. The minimum absolute atomic E-state index is 0.0147. The quantitative estimate of drug-likeness (QED) is 0.375. The molecular formula is C32H37ClN2O4. The molecule has 206 valence electrons. The molecule has 1 saturated heterocycles. The highest BCUT2D eigenvalue weighted by Crippen LogP contribution is 2.44. The summed E-state index contributed by atoms with van der Waals surface area (Å²) in [4.78, 5) is 17.9. The van der Waals surface area contributed by atoms with Crippen molar-refractivity contribution in [3.63, 3.8) is 0 Å². The normalized spacial score (nSPS) is 19.4. The SMILES string of the molecule is CCN1CC(C(C)(O)c2ccc(N3C(=O)Cc4cc(OC)c(OC(C)C)cc4[C@@H]3c3ccc(Cl)cc3)cc2)C1. The first kappa shape index (κ1) is 27.5. The van der Waals surface area contributed by atoms with E-state index in [9.17, 15) is 9.90 Å². The monoisotopic (exact) mass is 548 g/mol. The second-order valence-electron chi connectivity index (χ2n) is 11.0. The first-order chi connectivity index (χ1) is 18.6. The molecule has 0 radical (unpaired) electrons. The van der Waals surface area contributed by atoms with Crippen LogP contribution in [0, 0.1) is 5.92 Å². The van der Waals surface area contributed by atoms with E-state index in [1.807, 2.05) is 86.3 Å². The Bertz CT molecular complexity index is 1330. The molecule has 2 atom stereocenters. The zero-order valence-corrected chi connectivity index (χ0v) is 24.0. The molecule has 3 aromatic carbocycles. The number of hydrogen-bond acceptors (Lipinski definition) is 5. The number of methoxy groups -OCH3 is 1. The van der Waals surface area contributed by atoms with Gasteiger partial charge in [0.2, 0.25) is 5.91 Å². The molecule has 1 unspecified atom stereocenters. The fraction of sp³-hybridized carbons (Fsp3) is 0.406. The van der Waals surface area contributed by atoms with Crippen LogP contribution in [0.2, 0.25) is 5.02 Å². The van der Waals surface area contributed by atoms with Crippen molar-refractivity contribution in [3.05, 3.63) is 87.9 Å². The molecule has 2 heterocycles. The fourth-order valence-corrected chi connectivity index (χ4v) is 5.83. The van der Waals surface area contributed by atoms with E-state index in [1.165, 1.54) is 0 Å². The van der Waals surface area contributed by atoms with Gasteiger partial charge in [0.15, 0.2) is 11.5 Å². The van der Waals surface area contributed by atoms with Crippen molar-refractivity contribution in [1.82, 2.24) is 4.90 Å². The molecule has 5 rings (SSSR count). The van der Waals surface area contributed by atoms with Crippen LogP contribution < -0.4 is 14.4 Å². The van der Waals surface area contributed by atoms with Crippen molar-refractivity contribution in [1.29, 1.82) is 0 Å². The van der Waals surface area contributed by atoms with E-state index >= 15 is 0 Å². The molecule has 0 saturated carbocycles. The van der Waals surface area contributed by atoms with Crippen LogP contribution >= 0.6 is 11.6 Å². The summed E-state index contributed by atoms with van der Waals surface area (Å²) in [6, 6.07) is 19.0. The number of rotatable bonds is 8. The summed E-state index contributed by atoms with van der Waals surface area (Å²) in [6.07, 6.45) is 0.208.